The van der Waals surface area contributed by atoms with Crippen LogP contribution in [0.1, 0.15) is 24.5 Å². The summed E-state index contributed by atoms with van der Waals surface area (Å²) in [7, 11) is 0. The van der Waals surface area contributed by atoms with Crippen LogP contribution in [0.4, 0.5) is 0 Å². The number of nitrogens with one attached hydrogen (secondary N) is 1. The van der Waals surface area contributed by atoms with Crippen molar-refractivity contribution in [2.24, 2.45) is 5.92 Å². The van der Waals surface area contributed by atoms with E-state index in [0.717, 1.165) is 24.1 Å². The predicted molar refractivity (Wildman–Crippen MR) is 111 cm³/mol. The first-order valence-electron chi connectivity index (χ1n) is 8.70. The van der Waals surface area contributed by atoms with E-state index in [1.165, 1.54) is 11.1 Å². The van der Waals surface area contributed by atoms with Crippen LogP contribution in [0.15, 0.2) is 104 Å². The van der Waals surface area contributed by atoms with E-state index in [4.69, 9.17) is 0 Å². The molecule has 1 aliphatic heterocycles. The Kier molecular flexibility index (Phi) is 7.52. The molecule has 25 heavy (non-hydrogen) atoms. The highest BCUT2D eigenvalue weighted by Crippen LogP contribution is 2.19. The van der Waals surface area contributed by atoms with E-state index in [-0.39, 0.29) is 0 Å². The number of rotatable bonds is 0. The van der Waals surface area contributed by atoms with Gasteiger partial charge in [0.1, 0.15) is 0 Å². The van der Waals surface area contributed by atoms with Gasteiger partial charge in [0, 0.05) is 6.54 Å². The van der Waals surface area contributed by atoms with Crippen molar-refractivity contribution in [3.63, 3.8) is 0 Å². The molecule has 2 rings (SSSR count). The normalized spacial score (nSPS) is 25.6. The van der Waals surface area contributed by atoms with Crippen LogP contribution >= 0.6 is 0 Å². The molecule has 1 nitrogen and oxygen atoms in total. The monoisotopic (exact) mass is 329 g/mol. The van der Waals surface area contributed by atoms with E-state index in [1.54, 1.807) is 0 Å². The Labute approximate surface area is 152 Å². The molecule has 0 radical (unpaired) electrons. The van der Waals surface area contributed by atoms with Gasteiger partial charge in [-0.3, -0.25) is 0 Å². The largest absolute Gasteiger partial charge is 0.387 e. The number of hydrogen-bond donors (Lipinski definition) is 1. The molecule has 1 atom stereocenters. The van der Waals surface area contributed by atoms with Crippen LogP contribution in [0.5, 0.6) is 0 Å². The lowest BCUT2D eigenvalue weighted by atomic mass is 10.0. The van der Waals surface area contributed by atoms with Gasteiger partial charge in [0.2, 0.25) is 0 Å². The zero-order valence-corrected chi connectivity index (χ0v) is 15.0. The van der Waals surface area contributed by atoms with Gasteiger partial charge < -0.3 is 5.32 Å². The summed E-state index contributed by atoms with van der Waals surface area (Å²) in [6, 6.07) is 8.36. The summed E-state index contributed by atoms with van der Waals surface area (Å²) in [5.74, 6) is 0.383. The fourth-order valence-corrected chi connectivity index (χ4v) is 2.50. The highest BCUT2D eigenvalue weighted by Gasteiger charge is 2.02. The molecule has 1 heteroatoms. The molecule has 1 unspecified atom stereocenters. The summed E-state index contributed by atoms with van der Waals surface area (Å²) in [6.45, 7) is 11.2. The van der Waals surface area contributed by atoms with Gasteiger partial charge in [0.15, 0.2) is 0 Å². The molecule has 0 fully saturated rings. The SMILES string of the molecule is C=C1/C=C\C(C)/C=C/C=C\NCc2ccccc2C(=C)/C=C\C=C/C1. The van der Waals surface area contributed by atoms with Crippen LogP contribution in [-0.2, 0) is 6.54 Å². The number of fused-ring (bicyclic) bond motifs is 1. The lowest BCUT2D eigenvalue weighted by molar-refractivity contribution is 0.867. The maximum atomic E-state index is 4.20. The minimum absolute atomic E-state index is 0.383. The van der Waals surface area contributed by atoms with Gasteiger partial charge in [-0.1, -0.05) is 98.5 Å². The van der Waals surface area contributed by atoms with E-state index >= 15 is 0 Å². The minimum Gasteiger partial charge on any atom is -0.387 e. The Morgan fingerprint density at radius 2 is 1.80 bits per heavy atom. The second-order valence-electron chi connectivity index (χ2n) is 6.18. The summed E-state index contributed by atoms with van der Waals surface area (Å²) in [5.41, 5.74) is 4.53. The van der Waals surface area contributed by atoms with Gasteiger partial charge in [0.25, 0.3) is 0 Å². The van der Waals surface area contributed by atoms with Crippen molar-refractivity contribution in [1.29, 1.82) is 0 Å². The Morgan fingerprint density at radius 3 is 2.68 bits per heavy atom. The highest BCUT2D eigenvalue weighted by molar-refractivity contribution is 5.74. The first kappa shape index (κ1) is 18.5. The van der Waals surface area contributed by atoms with E-state index in [9.17, 15) is 0 Å². The maximum Gasteiger partial charge on any atom is 0.0401 e. The standard InChI is InChI=1S/C24H27N/c1-20-11-5-4-6-13-22(3)24-15-8-7-14-23(24)19-25-18-10-9-12-21(2)17-16-20/h4-10,12-18,21,25H,1,3,11,19H2,2H3/b5-4-,12-9+,13-6-,17-16-,18-10-. The third kappa shape index (κ3) is 6.68. The number of benzene rings is 1. The molecule has 0 saturated carbocycles. The molecule has 1 heterocycles. The Morgan fingerprint density at radius 1 is 0.960 bits per heavy atom. The molecule has 1 aromatic rings. The van der Waals surface area contributed by atoms with Crippen LogP contribution in [0.2, 0.25) is 0 Å². The number of hydrogen-bond acceptors (Lipinski definition) is 1. The topological polar surface area (TPSA) is 12.0 Å². The molecule has 0 aliphatic carbocycles. The lowest BCUT2D eigenvalue weighted by Crippen LogP contribution is -2.06. The summed E-state index contributed by atoms with van der Waals surface area (Å²) in [6.07, 6.45) is 21.6. The number of allylic oxidation sites excluding steroid dienone is 11. The molecule has 1 N–H and O–H groups in total. The Balaban J connectivity index is 2.21. The van der Waals surface area contributed by atoms with Crippen LogP contribution in [-0.4, -0.2) is 0 Å². The molecule has 0 spiro atoms. The van der Waals surface area contributed by atoms with Crippen molar-refractivity contribution < 1.29 is 0 Å². The molecular formula is C24H27N. The second kappa shape index (κ2) is 10.1. The first-order chi connectivity index (χ1) is 12.2. The molecule has 1 aromatic carbocycles. The fraction of sp³-hybridized carbons (Fsp3) is 0.167. The summed E-state index contributed by atoms with van der Waals surface area (Å²) >= 11 is 0. The summed E-state index contributed by atoms with van der Waals surface area (Å²) < 4.78 is 0. The van der Waals surface area contributed by atoms with Crippen LogP contribution in [0.3, 0.4) is 0 Å². The molecule has 0 bridgehead atoms. The quantitative estimate of drug-likeness (QED) is 0.604. The molecule has 0 aromatic heterocycles. The van der Waals surface area contributed by atoms with Crippen molar-refractivity contribution >= 4 is 5.57 Å². The summed E-state index contributed by atoms with van der Waals surface area (Å²) in [5, 5.41) is 3.35. The Hall–Kier alpha value is -2.80. The van der Waals surface area contributed by atoms with Gasteiger partial charge >= 0.3 is 0 Å². The summed E-state index contributed by atoms with van der Waals surface area (Å²) in [4.78, 5) is 0. The fourth-order valence-electron chi connectivity index (χ4n) is 2.50. The van der Waals surface area contributed by atoms with E-state index in [0.29, 0.717) is 5.92 Å². The zero-order chi connectivity index (χ0) is 17.9. The highest BCUT2D eigenvalue weighted by atomic mass is 14.8. The average molecular weight is 329 g/mol. The molecule has 128 valence electrons. The van der Waals surface area contributed by atoms with Crippen molar-refractivity contribution in [1.82, 2.24) is 5.32 Å². The molecule has 1 aliphatic rings. The third-order valence-corrected chi connectivity index (χ3v) is 3.96. The average Bonchev–Trinajstić information content (AvgIpc) is 2.62. The predicted octanol–water partition coefficient (Wildman–Crippen LogP) is 6.12. The van der Waals surface area contributed by atoms with E-state index in [2.05, 4.69) is 92.2 Å². The van der Waals surface area contributed by atoms with Gasteiger partial charge in [-0.15, -0.1) is 0 Å². The van der Waals surface area contributed by atoms with Crippen molar-refractivity contribution in [2.45, 2.75) is 19.9 Å². The van der Waals surface area contributed by atoms with Gasteiger partial charge in [-0.05, 0) is 41.3 Å². The molecule has 0 amide bonds. The third-order valence-electron chi connectivity index (χ3n) is 3.96. The lowest BCUT2D eigenvalue weighted by Gasteiger charge is -2.09. The van der Waals surface area contributed by atoms with Crippen molar-refractivity contribution in [3.05, 3.63) is 115 Å². The molecular weight excluding hydrogens is 302 g/mol. The second-order valence-corrected chi connectivity index (χ2v) is 6.18. The van der Waals surface area contributed by atoms with Gasteiger partial charge in [0.05, 0.1) is 0 Å². The minimum atomic E-state index is 0.383. The van der Waals surface area contributed by atoms with Gasteiger partial charge in [-0.25, -0.2) is 0 Å². The van der Waals surface area contributed by atoms with Gasteiger partial charge in [-0.2, -0.15) is 0 Å². The van der Waals surface area contributed by atoms with Crippen LogP contribution < -0.4 is 5.32 Å². The van der Waals surface area contributed by atoms with Crippen LogP contribution in [0.25, 0.3) is 5.57 Å². The van der Waals surface area contributed by atoms with E-state index in [1.807, 2.05) is 18.4 Å². The van der Waals surface area contributed by atoms with E-state index < -0.39 is 0 Å². The van der Waals surface area contributed by atoms with Crippen molar-refractivity contribution in [2.75, 3.05) is 0 Å². The zero-order valence-electron chi connectivity index (χ0n) is 15.0. The first-order valence-corrected chi connectivity index (χ1v) is 8.70. The smallest absolute Gasteiger partial charge is 0.0401 e. The maximum absolute atomic E-state index is 4.20. The van der Waals surface area contributed by atoms with Crippen LogP contribution in [0, 0.1) is 5.92 Å². The Bertz CT molecular complexity index is 741. The molecule has 0 saturated heterocycles. The van der Waals surface area contributed by atoms with Crippen molar-refractivity contribution in [3.8, 4) is 0 Å².